The number of anilines is 1. The van der Waals surface area contributed by atoms with Gasteiger partial charge in [-0.05, 0) is 44.4 Å². The number of aromatic nitrogens is 3. The molecule has 0 spiro atoms. The average molecular weight is 501 g/mol. The summed E-state index contributed by atoms with van der Waals surface area (Å²) in [5, 5.41) is 21.2. The molecule has 3 aromatic rings. The van der Waals surface area contributed by atoms with Gasteiger partial charge < -0.3 is 9.84 Å². The number of nitrogens with one attached hydrogen (secondary N) is 1. The number of hydrogen-bond donors (Lipinski definition) is 2. The van der Waals surface area contributed by atoms with Crippen molar-refractivity contribution in [2.24, 2.45) is 0 Å². The SMILES string of the molecule is C/C=C(\C=C/CCCc1nnc(NC(=O)c2cnc(C)cc2-c2ccccc2OC(F)F)s1)CO. The van der Waals surface area contributed by atoms with Crippen LogP contribution in [0.4, 0.5) is 13.9 Å². The van der Waals surface area contributed by atoms with Crippen LogP contribution in [0, 0.1) is 6.92 Å². The molecule has 0 fully saturated rings. The van der Waals surface area contributed by atoms with E-state index in [2.05, 4.69) is 25.2 Å². The number of ether oxygens (including phenoxy) is 1. The van der Waals surface area contributed by atoms with Crippen LogP contribution < -0.4 is 10.1 Å². The summed E-state index contributed by atoms with van der Waals surface area (Å²) in [5.74, 6) is -0.511. The summed E-state index contributed by atoms with van der Waals surface area (Å²) in [6.45, 7) is 0.636. The van der Waals surface area contributed by atoms with Crippen LogP contribution in [0.15, 0.2) is 60.3 Å². The third kappa shape index (κ3) is 7.49. The summed E-state index contributed by atoms with van der Waals surface area (Å²) in [4.78, 5) is 17.2. The van der Waals surface area contributed by atoms with Gasteiger partial charge in [-0.25, -0.2) is 0 Å². The number of rotatable bonds is 11. The van der Waals surface area contributed by atoms with Crippen LogP contribution in [0.5, 0.6) is 5.75 Å². The minimum absolute atomic E-state index is 0.00943. The fourth-order valence-corrected chi connectivity index (χ4v) is 4.04. The Bertz CT molecular complexity index is 1210. The van der Waals surface area contributed by atoms with Crippen LogP contribution in [-0.4, -0.2) is 39.4 Å². The van der Waals surface area contributed by atoms with Crippen molar-refractivity contribution in [1.29, 1.82) is 0 Å². The first kappa shape index (κ1) is 26.1. The Morgan fingerprint density at radius 2 is 2.06 bits per heavy atom. The summed E-state index contributed by atoms with van der Waals surface area (Å²) in [5.41, 5.74) is 2.46. The number of pyridine rings is 1. The van der Waals surface area contributed by atoms with Gasteiger partial charge in [-0.15, -0.1) is 10.2 Å². The van der Waals surface area contributed by atoms with Crippen LogP contribution in [0.25, 0.3) is 11.1 Å². The number of halogens is 2. The van der Waals surface area contributed by atoms with Gasteiger partial charge in [-0.1, -0.05) is 47.8 Å². The van der Waals surface area contributed by atoms with Gasteiger partial charge in [0.25, 0.3) is 5.91 Å². The zero-order valence-corrected chi connectivity index (χ0v) is 20.2. The molecule has 2 aromatic heterocycles. The van der Waals surface area contributed by atoms with E-state index >= 15 is 0 Å². The fourth-order valence-electron chi connectivity index (χ4n) is 3.27. The summed E-state index contributed by atoms with van der Waals surface area (Å²) in [6.07, 6.45) is 9.50. The Kier molecular flexibility index (Phi) is 9.56. The molecular formula is C25H26F2N4O3S. The summed E-state index contributed by atoms with van der Waals surface area (Å²) >= 11 is 1.27. The van der Waals surface area contributed by atoms with Gasteiger partial charge in [0.05, 0.1) is 12.2 Å². The Morgan fingerprint density at radius 3 is 2.80 bits per heavy atom. The molecule has 0 aliphatic heterocycles. The number of nitrogens with zero attached hydrogens (tertiary/aromatic N) is 3. The quantitative estimate of drug-likeness (QED) is 0.264. The molecule has 2 heterocycles. The van der Waals surface area contributed by atoms with E-state index in [1.807, 2.05) is 25.2 Å². The van der Waals surface area contributed by atoms with Crippen LogP contribution in [-0.2, 0) is 6.42 Å². The van der Waals surface area contributed by atoms with Gasteiger partial charge in [0.15, 0.2) is 0 Å². The van der Waals surface area contributed by atoms with E-state index in [-0.39, 0.29) is 17.9 Å². The maximum Gasteiger partial charge on any atom is 0.387 e. The Morgan fingerprint density at radius 1 is 1.26 bits per heavy atom. The first-order valence-electron chi connectivity index (χ1n) is 11.0. The third-order valence-electron chi connectivity index (χ3n) is 5.01. The topological polar surface area (TPSA) is 97.2 Å². The minimum atomic E-state index is -2.99. The van der Waals surface area contributed by atoms with Crippen molar-refractivity contribution in [2.45, 2.75) is 39.7 Å². The first-order chi connectivity index (χ1) is 16.9. The van der Waals surface area contributed by atoms with E-state index in [4.69, 9.17) is 5.11 Å². The second kappa shape index (κ2) is 12.8. The molecule has 7 nitrogen and oxygen atoms in total. The number of unbranched alkanes of at least 4 members (excludes halogenated alkanes) is 1. The number of allylic oxidation sites excluding steroid dienone is 2. The lowest BCUT2D eigenvalue weighted by molar-refractivity contribution is -0.0494. The third-order valence-corrected chi connectivity index (χ3v) is 5.91. The number of amides is 1. The molecule has 0 atom stereocenters. The van der Waals surface area contributed by atoms with Crippen LogP contribution in [0.3, 0.4) is 0 Å². The van der Waals surface area contributed by atoms with Crippen molar-refractivity contribution in [3.63, 3.8) is 0 Å². The van der Waals surface area contributed by atoms with Crippen molar-refractivity contribution in [2.75, 3.05) is 11.9 Å². The lowest BCUT2D eigenvalue weighted by atomic mass is 9.99. The highest BCUT2D eigenvalue weighted by molar-refractivity contribution is 7.15. The van der Waals surface area contributed by atoms with E-state index in [1.54, 1.807) is 31.2 Å². The summed E-state index contributed by atoms with van der Waals surface area (Å²) in [6, 6.07) is 7.95. The number of hydrogen-bond acceptors (Lipinski definition) is 7. The maximum atomic E-state index is 13.0. The highest BCUT2D eigenvalue weighted by Gasteiger charge is 2.19. The molecule has 0 saturated heterocycles. The highest BCUT2D eigenvalue weighted by atomic mass is 32.1. The number of para-hydroxylation sites is 1. The molecule has 0 aliphatic carbocycles. The molecule has 1 amide bonds. The van der Waals surface area contributed by atoms with E-state index in [0.717, 1.165) is 23.4 Å². The number of carbonyl (C=O) groups excluding carboxylic acids is 1. The Labute approximate surface area is 206 Å². The smallest absolute Gasteiger partial charge is 0.387 e. The molecule has 0 saturated carbocycles. The van der Waals surface area contributed by atoms with Crippen molar-refractivity contribution < 1.29 is 23.4 Å². The lowest BCUT2D eigenvalue weighted by Gasteiger charge is -2.14. The number of aliphatic hydroxyl groups excluding tert-OH is 1. The van der Waals surface area contributed by atoms with Crippen molar-refractivity contribution in [1.82, 2.24) is 15.2 Å². The molecule has 3 rings (SSSR count). The molecular weight excluding hydrogens is 474 g/mol. The monoisotopic (exact) mass is 500 g/mol. The zero-order valence-electron chi connectivity index (χ0n) is 19.4. The normalized spacial score (nSPS) is 11.9. The largest absolute Gasteiger partial charge is 0.434 e. The molecule has 1 aromatic carbocycles. The number of alkyl halides is 2. The molecule has 184 valence electrons. The van der Waals surface area contributed by atoms with Gasteiger partial charge >= 0.3 is 6.61 Å². The van der Waals surface area contributed by atoms with Gasteiger partial charge in [-0.3, -0.25) is 15.1 Å². The molecule has 0 aliphatic rings. The van der Waals surface area contributed by atoms with E-state index in [9.17, 15) is 13.6 Å². The highest BCUT2D eigenvalue weighted by Crippen LogP contribution is 2.34. The second-order valence-electron chi connectivity index (χ2n) is 7.52. The standard InChI is InChI=1S/C25H26F2N4O3S/c1-3-17(15-32)9-5-4-6-12-22-30-31-25(35-22)29-23(33)20-14-28-16(2)13-19(20)18-10-7-8-11-21(18)34-24(26)27/h3,5,7-11,13-14,24,32H,4,6,12,15H2,1-2H3,(H,29,31,33)/b9-5-,17-3+. The first-order valence-corrected chi connectivity index (χ1v) is 11.8. The van der Waals surface area contributed by atoms with Crippen molar-refractivity contribution >= 4 is 22.4 Å². The molecule has 0 bridgehead atoms. The van der Waals surface area contributed by atoms with Crippen molar-refractivity contribution in [3.05, 3.63) is 76.6 Å². The number of aliphatic hydroxyl groups is 1. The van der Waals surface area contributed by atoms with E-state index < -0.39 is 12.5 Å². The molecule has 35 heavy (non-hydrogen) atoms. The Balaban J connectivity index is 1.71. The van der Waals surface area contributed by atoms with Crippen molar-refractivity contribution in [3.8, 4) is 16.9 Å². The lowest BCUT2D eigenvalue weighted by Crippen LogP contribution is -2.14. The number of benzene rings is 1. The number of aryl methyl sites for hydroxylation is 2. The predicted molar refractivity (Wildman–Crippen MR) is 132 cm³/mol. The average Bonchev–Trinajstić information content (AvgIpc) is 3.28. The van der Waals surface area contributed by atoms with E-state index in [1.165, 1.54) is 23.6 Å². The van der Waals surface area contributed by atoms with Gasteiger partial charge in [-0.2, -0.15) is 8.78 Å². The van der Waals surface area contributed by atoms with Gasteiger partial charge in [0.2, 0.25) is 5.13 Å². The van der Waals surface area contributed by atoms with Crippen LogP contribution in [0.1, 0.15) is 40.8 Å². The second-order valence-corrected chi connectivity index (χ2v) is 8.58. The van der Waals surface area contributed by atoms with E-state index in [0.29, 0.717) is 28.4 Å². The molecule has 2 N–H and O–H groups in total. The molecule has 10 heteroatoms. The number of carbonyl (C=O) groups is 1. The predicted octanol–water partition coefficient (Wildman–Crippen LogP) is 5.58. The molecule has 0 unspecified atom stereocenters. The van der Waals surface area contributed by atoms with Gasteiger partial charge in [0.1, 0.15) is 10.8 Å². The fraction of sp³-hybridized carbons (Fsp3) is 0.280. The van der Waals surface area contributed by atoms with Crippen LogP contribution in [0.2, 0.25) is 0 Å². The minimum Gasteiger partial charge on any atom is -0.434 e. The molecule has 0 radical (unpaired) electrons. The summed E-state index contributed by atoms with van der Waals surface area (Å²) in [7, 11) is 0. The summed E-state index contributed by atoms with van der Waals surface area (Å²) < 4.78 is 30.5. The Hall–Kier alpha value is -3.50. The van der Waals surface area contributed by atoms with Gasteiger partial charge in [0, 0.05) is 29.4 Å². The zero-order chi connectivity index (χ0) is 25.2. The maximum absolute atomic E-state index is 13.0. The van der Waals surface area contributed by atoms with Crippen LogP contribution >= 0.6 is 11.3 Å².